The summed E-state index contributed by atoms with van der Waals surface area (Å²) in [6.07, 6.45) is 0. The van der Waals surface area contributed by atoms with Gasteiger partial charge in [0.05, 0.1) is 0 Å². The van der Waals surface area contributed by atoms with Crippen LogP contribution >= 0.6 is 0 Å². The Bertz CT molecular complexity index is 27.0. The van der Waals surface area contributed by atoms with Crippen molar-refractivity contribution in [2.24, 2.45) is 5.16 Å². The van der Waals surface area contributed by atoms with Gasteiger partial charge in [0.2, 0.25) is 0 Å². The Kier molecular flexibility index (Phi) is 588. The number of hydrogen-bond donors (Lipinski definition) is 0. The van der Waals surface area contributed by atoms with E-state index in [9.17, 15) is 0 Å². The highest BCUT2D eigenvalue weighted by molar-refractivity contribution is 5.75. The van der Waals surface area contributed by atoms with E-state index in [2.05, 4.69) is 16.7 Å². The van der Waals surface area contributed by atoms with E-state index in [1.54, 1.807) is 0 Å². The number of hydrogen-bond acceptors (Lipinski definition) is 2. The molecular formula is C6H19BNO. The SMILES string of the molecule is C.C.C=NOC.CC.[B]. The van der Waals surface area contributed by atoms with Crippen molar-refractivity contribution in [2.45, 2.75) is 28.7 Å². The zero-order chi connectivity index (χ0) is 5.41. The van der Waals surface area contributed by atoms with E-state index in [1.165, 1.54) is 7.11 Å². The molecule has 0 aromatic rings. The van der Waals surface area contributed by atoms with Crippen molar-refractivity contribution in [2.75, 3.05) is 7.11 Å². The summed E-state index contributed by atoms with van der Waals surface area (Å²) in [4.78, 5) is 4.06. The Hall–Kier alpha value is -0.465. The highest BCUT2D eigenvalue weighted by Gasteiger charge is 1.35. The van der Waals surface area contributed by atoms with E-state index in [4.69, 9.17) is 0 Å². The van der Waals surface area contributed by atoms with Gasteiger partial charge in [0, 0.05) is 15.1 Å². The van der Waals surface area contributed by atoms with Crippen molar-refractivity contribution in [3.05, 3.63) is 0 Å². The van der Waals surface area contributed by atoms with Crippen LogP contribution in [-0.2, 0) is 4.84 Å². The minimum Gasteiger partial charge on any atom is -0.400 e. The average molecular weight is 132 g/mol. The summed E-state index contributed by atoms with van der Waals surface area (Å²) in [6.45, 7) is 7.01. The predicted octanol–water partition coefficient (Wildman–Crippen LogP) is 2.17. The summed E-state index contributed by atoms with van der Waals surface area (Å²) in [7, 11) is 1.45. The normalized spacial score (nSPS) is 3.00. The highest BCUT2D eigenvalue weighted by Crippen LogP contribution is 1.49. The van der Waals surface area contributed by atoms with E-state index < -0.39 is 0 Å². The Balaban J connectivity index is -0.00000000990. The first kappa shape index (κ1) is 38.8. The monoisotopic (exact) mass is 132 g/mol. The van der Waals surface area contributed by atoms with Crippen LogP contribution in [0.15, 0.2) is 5.16 Å². The molecule has 0 heterocycles. The van der Waals surface area contributed by atoms with Crippen LogP contribution in [0.3, 0.4) is 0 Å². The molecule has 3 radical (unpaired) electrons. The van der Waals surface area contributed by atoms with Gasteiger partial charge < -0.3 is 4.84 Å². The zero-order valence-electron chi connectivity index (χ0n) is 5.14. The van der Waals surface area contributed by atoms with E-state index >= 15 is 0 Å². The maximum atomic E-state index is 4.06. The fourth-order valence-corrected chi connectivity index (χ4v) is 0. The molecule has 0 bridgehead atoms. The summed E-state index contributed by atoms with van der Waals surface area (Å²) >= 11 is 0. The molecule has 0 spiro atoms. The smallest absolute Gasteiger partial charge is 0.106 e. The third-order valence-corrected chi connectivity index (χ3v) is 0.129. The maximum Gasteiger partial charge on any atom is 0.106 e. The van der Waals surface area contributed by atoms with Crippen LogP contribution in [0.1, 0.15) is 28.7 Å². The van der Waals surface area contributed by atoms with Crippen LogP contribution in [-0.4, -0.2) is 22.2 Å². The number of oxime groups is 1. The second-order valence-corrected chi connectivity index (χ2v) is 0.312. The molecule has 0 rings (SSSR count). The van der Waals surface area contributed by atoms with Crippen molar-refractivity contribution < 1.29 is 4.84 Å². The Labute approximate surface area is 61.9 Å². The minimum atomic E-state index is 0. The lowest BCUT2D eigenvalue weighted by molar-refractivity contribution is 0.217. The van der Waals surface area contributed by atoms with Gasteiger partial charge in [-0.1, -0.05) is 28.7 Å². The Morgan fingerprint density at radius 3 is 1.33 bits per heavy atom. The molecule has 0 aliphatic heterocycles. The van der Waals surface area contributed by atoms with Crippen LogP contribution in [0.2, 0.25) is 0 Å². The average Bonchev–Trinajstić information content (AvgIpc) is 1.72. The lowest BCUT2D eigenvalue weighted by atomic mass is 10.8. The maximum absolute atomic E-state index is 4.06. The summed E-state index contributed by atoms with van der Waals surface area (Å²) < 4.78 is 0. The molecule has 0 saturated heterocycles. The Morgan fingerprint density at radius 2 is 1.33 bits per heavy atom. The molecule has 9 heavy (non-hydrogen) atoms. The number of rotatable bonds is 1. The molecule has 0 aromatic heterocycles. The molecule has 3 heteroatoms. The van der Waals surface area contributed by atoms with Crippen LogP contribution in [0.25, 0.3) is 0 Å². The third-order valence-electron chi connectivity index (χ3n) is 0.129. The van der Waals surface area contributed by atoms with Gasteiger partial charge in [0.1, 0.15) is 7.11 Å². The van der Waals surface area contributed by atoms with E-state index in [0.717, 1.165) is 0 Å². The molecule has 2 nitrogen and oxygen atoms in total. The fourth-order valence-electron chi connectivity index (χ4n) is 0. The van der Waals surface area contributed by atoms with Crippen molar-refractivity contribution >= 4 is 15.1 Å². The van der Waals surface area contributed by atoms with Gasteiger partial charge in [-0.05, 0) is 0 Å². The topological polar surface area (TPSA) is 21.6 Å². The molecule has 57 valence electrons. The summed E-state index contributed by atoms with van der Waals surface area (Å²) in [5.74, 6) is 0. The van der Waals surface area contributed by atoms with Crippen molar-refractivity contribution in [3.63, 3.8) is 0 Å². The quantitative estimate of drug-likeness (QED) is 0.304. The van der Waals surface area contributed by atoms with Crippen molar-refractivity contribution in [1.82, 2.24) is 0 Å². The summed E-state index contributed by atoms with van der Waals surface area (Å²) in [6, 6.07) is 0. The van der Waals surface area contributed by atoms with Crippen LogP contribution < -0.4 is 0 Å². The van der Waals surface area contributed by atoms with Gasteiger partial charge in [-0.3, -0.25) is 0 Å². The molecule has 0 fully saturated rings. The molecule has 0 saturated carbocycles. The van der Waals surface area contributed by atoms with Gasteiger partial charge in [-0.25, -0.2) is 0 Å². The summed E-state index contributed by atoms with van der Waals surface area (Å²) in [5, 5.41) is 2.99. The fraction of sp³-hybridized carbons (Fsp3) is 0.833. The molecule has 0 amide bonds. The van der Waals surface area contributed by atoms with Gasteiger partial charge in [0.15, 0.2) is 0 Å². The van der Waals surface area contributed by atoms with Gasteiger partial charge in [-0.15, -0.1) is 5.16 Å². The molecule has 0 unspecified atom stereocenters. The van der Waals surface area contributed by atoms with E-state index in [-0.39, 0.29) is 23.3 Å². The lowest BCUT2D eigenvalue weighted by Crippen LogP contribution is -1.55. The second kappa shape index (κ2) is 137. The van der Waals surface area contributed by atoms with E-state index in [0.29, 0.717) is 0 Å². The Morgan fingerprint density at radius 1 is 1.22 bits per heavy atom. The molecule has 0 N–H and O–H groups in total. The molecule has 0 aliphatic rings. The first-order valence-electron chi connectivity index (χ1n) is 1.91. The van der Waals surface area contributed by atoms with Gasteiger partial charge >= 0.3 is 0 Å². The number of nitrogens with zero attached hydrogens (tertiary/aromatic N) is 1. The van der Waals surface area contributed by atoms with Crippen molar-refractivity contribution in [1.29, 1.82) is 0 Å². The van der Waals surface area contributed by atoms with E-state index in [1.807, 2.05) is 13.8 Å². The molecule has 0 aliphatic carbocycles. The first-order valence-corrected chi connectivity index (χ1v) is 1.91. The van der Waals surface area contributed by atoms with Gasteiger partial charge in [0.25, 0.3) is 0 Å². The molecule has 0 atom stereocenters. The van der Waals surface area contributed by atoms with Crippen LogP contribution in [0.4, 0.5) is 0 Å². The predicted molar refractivity (Wildman–Crippen MR) is 47.1 cm³/mol. The van der Waals surface area contributed by atoms with Crippen molar-refractivity contribution in [3.8, 4) is 0 Å². The summed E-state index contributed by atoms with van der Waals surface area (Å²) in [5.41, 5.74) is 0. The zero-order valence-corrected chi connectivity index (χ0v) is 5.14. The lowest BCUT2D eigenvalue weighted by Gasteiger charge is -1.71. The largest absolute Gasteiger partial charge is 0.400 e. The van der Waals surface area contributed by atoms with Crippen LogP contribution in [0, 0.1) is 0 Å². The van der Waals surface area contributed by atoms with Gasteiger partial charge in [-0.2, -0.15) is 0 Å². The minimum absolute atomic E-state index is 0. The second-order valence-electron chi connectivity index (χ2n) is 0.312. The standard InChI is InChI=1S/C2H5NO.C2H6.2CH4.B/c1-3-4-2;1-2;;;/h1H2,2H3;1-2H3;2*1H4;. The molecular weight excluding hydrogens is 113 g/mol. The van der Waals surface area contributed by atoms with Crippen LogP contribution in [0.5, 0.6) is 0 Å². The molecule has 0 aromatic carbocycles. The first-order chi connectivity index (χ1) is 2.91. The highest BCUT2D eigenvalue weighted by atomic mass is 16.6. The third kappa shape index (κ3) is 807.